The fourth-order valence-corrected chi connectivity index (χ4v) is 4.23. The zero-order valence-corrected chi connectivity index (χ0v) is 12.6. The molecular weight excluding hydrogens is 286 g/mol. The summed E-state index contributed by atoms with van der Waals surface area (Å²) in [4.78, 5) is 0.121. The van der Waals surface area contributed by atoms with Crippen LogP contribution in [0.4, 0.5) is 0 Å². The smallest absolute Gasteiger partial charge is 0.244 e. The molecule has 0 radical (unpaired) electrons. The molecule has 2 rings (SSSR count). The summed E-state index contributed by atoms with van der Waals surface area (Å²) in [6.45, 7) is 4.25. The van der Waals surface area contributed by atoms with E-state index in [-0.39, 0.29) is 22.4 Å². The number of piperidine rings is 1. The molecule has 0 saturated carbocycles. The van der Waals surface area contributed by atoms with Gasteiger partial charge in [-0.15, -0.1) is 0 Å². The second-order valence-electron chi connectivity index (χ2n) is 5.08. The van der Waals surface area contributed by atoms with Gasteiger partial charge in [-0.2, -0.15) is 4.31 Å². The van der Waals surface area contributed by atoms with Crippen LogP contribution in [0.1, 0.15) is 18.9 Å². The maximum absolute atomic E-state index is 12.5. The SMILES string of the molecule is Cc1cccc(S(=O)(=O)N2CCC(C)C(O)C2)c1Cl. The first-order chi connectivity index (χ1) is 8.84. The lowest BCUT2D eigenvalue weighted by Crippen LogP contribution is -2.45. The molecule has 2 unspecified atom stereocenters. The molecule has 0 aromatic heterocycles. The van der Waals surface area contributed by atoms with E-state index >= 15 is 0 Å². The maximum Gasteiger partial charge on any atom is 0.244 e. The number of benzene rings is 1. The van der Waals surface area contributed by atoms with Gasteiger partial charge in [-0.05, 0) is 30.9 Å². The minimum atomic E-state index is -3.63. The van der Waals surface area contributed by atoms with Gasteiger partial charge in [0.15, 0.2) is 0 Å². The van der Waals surface area contributed by atoms with Crippen LogP contribution in [0.2, 0.25) is 5.02 Å². The molecule has 6 heteroatoms. The highest BCUT2D eigenvalue weighted by atomic mass is 35.5. The summed E-state index contributed by atoms with van der Waals surface area (Å²) in [5.74, 6) is 0.124. The number of rotatable bonds is 2. The van der Waals surface area contributed by atoms with Gasteiger partial charge in [0.05, 0.1) is 11.1 Å². The topological polar surface area (TPSA) is 57.6 Å². The number of aliphatic hydroxyl groups excluding tert-OH is 1. The number of hydrogen-bond acceptors (Lipinski definition) is 3. The Labute approximate surface area is 119 Å². The molecule has 106 valence electrons. The normalized spacial score (nSPS) is 25.5. The second kappa shape index (κ2) is 5.40. The van der Waals surface area contributed by atoms with Crippen molar-refractivity contribution < 1.29 is 13.5 Å². The highest BCUT2D eigenvalue weighted by molar-refractivity contribution is 7.89. The van der Waals surface area contributed by atoms with Crippen molar-refractivity contribution in [2.45, 2.75) is 31.3 Å². The Kier molecular flexibility index (Phi) is 4.20. The van der Waals surface area contributed by atoms with Crippen LogP contribution in [0.15, 0.2) is 23.1 Å². The molecule has 19 heavy (non-hydrogen) atoms. The minimum absolute atomic E-state index is 0.121. The fraction of sp³-hybridized carbons (Fsp3) is 0.538. The summed E-state index contributed by atoms with van der Waals surface area (Å²) in [6.07, 6.45) is 0.0382. The summed E-state index contributed by atoms with van der Waals surface area (Å²) in [5.41, 5.74) is 0.730. The van der Waals surface area contributed by atoms with Gasteiger partial charge in [0.25, 0.3) is 0 Å². The quantitative estimate of drug-likeness (QED) is 0.909. The number of sulfonamides is 1. The lowest BCUT2D eigenvalue weighted by Gasteiger charge is -2.33. The molecule has 4 nitrogen and oxygen atoms in total. The third-order valence-corrected chi connectivity index (χ3v) is 6.18. The zero-order valence-electron chi connectivity index (χ0n) is 11.0. The zero-order chi connectivity index (χ0) is 14.2. The summed E-state index contributed by atoms with van der Waals surface area (Å²) >= 11 is 6.09. The van der Waals surface area contributed by atoms with Crippen molar-refractivity contribution in [3.8, 4) is 0 Å². The van der Waals surface area contributed by atoms with E-state index in [1.54, 1.807) is 19.1 Å². The first kappa shape index (κ1) is 14.8. The van der Waals surface area contributed by atoms with Crippen molar-refractivity contribution in [3.05, 3.63) is 28.8 Å². The van der Waals surface area contributed by atoms with Gasteiger partial charge in [0.2, 0.25) is 10.0 Å². The molecule has 0 bridgehead atoms. The van der Waals surface area contributed by atoms with E-state index in [1.807, 2.05) is 6.92 Å². The molecule has 1 aliphatic heterocycles. The van der Waals surface area contributed by atoms with Gasteiger partial charge in [-0.1, -0.05) is 30.7 Å². The van der Waals surface area contributed by atoms with Crippen LogP contribution in [-0.4, -0.2) is 37.0 Å². The summed E-state index contributed by atoms with van der Waals surface area (Å²) in [7, 11) is -3.63. The van der Waals surface area contributed by atoms with Gasteiger partial charge in [-0.3, -0.25) is 0 Å². The Balaban J connectivity index is 2.35. The molecule has 2 atom stereocenters. The van der Waals surface area contributed by atoms with Gasteiger partial charge in [0.1, 0.15) is 4.90 Å². The summed E-state index contributed by atoms with van der Waals surface area (Å²) < 4.78 is 26.4. The molecule has 0 spiro atoms. The highest BCUT2D eigenvalue weighted by Gasteiger charge is 2.33. The molecule has 1 fully saturated rings. The Morgan fingerprint density at radius 2 is 2.11 bits per heavy atom. The Bertz CT molecular complexity index is 573. The van der Waals surface area contributed by atoms with E-state index in [9.17, 15) is 13.5 Å². The van der Waals surface area contributed by atoms with Crippen molar-refractivity contribution in [2.24, 2.45) is 5.92 Å². The van der Waals surface area contributed by atoms with E-state index in [4.69, 9.17) is 11.6 Å². The number of aryl methyl sites for hydroxylation is 1. The van der Waals surface area contributed by atoms with Crippen LogP contribution < -0.4 is 0 Å². The average molecular weight is 304 g/mol. The van der Waals surface area contributed by atoms with Gasteiger partial charge in [0, 0.05) is 13.1 Å². The molecule has 1 aromatic rings. The second-order valence-corrected chi connectivity index (χ2v) is 7.37. The van der Waals surface area contributed by atoms with E-state index < -0.39 is 16.1 Å². The molecule has 1 aromatic carbocycles. The van der Waals surface area contributed by atoms with Crippen molar-refractivity contribution in [1.82, 2.24) is 4.31 Å². The van der Waals surface area contributed by atoms with E-state index in [2.05, 4.69) is 0 Å². The fourth-order valence-electron chi connectivity index (χ4n) is 2.20. The van der Waals surface area contributed by atoms with Crippen LogP contribution in [0.25, 0.3) is 0 Å². The van der Waals surface area contributed by atoms with E-state index in [0.29, 0.717) is 13.0 Å². The van der Waals surface area contributed by atoms with Crippen LogP contribution in [0.3, 0.4) is 0 Å². The molecule has 0 amide bonds. The largest absolute Gasteiger partial charge is 0.391 e. The predicted molar refractivity (Wildman–Crippen MR) is 74.7 cm³/mol. The number of nitrogens with zero attached hydrogens (tertiary/aromatic N) is 1. The monoisotopic (exact) mass is 303 g/mol. The Morgan fingerprint density at radius 1 is 1.42 bits per heavy atom. The van der Waals surface area contributed by atoms with Crippen molar-refractivity contribution in [1.29, 1.82) is 0 Å². The van der Waals surface area contributed by atoms with Crippen LogP contribution in [0.5, 0.6) is 0 Å². The van der Waals surface area contributed by atoms with Crippen LogP contribution in [0, 0.1) is 12.8 Å². The average Bonchev–Trinajstić information content (AvgIpc) is 2.35. The van der Waals surface area contributed by atoms with Crippen molar-refractivity contribution in [3.63, 3.8) is 0 Å². The number of β-amino-alcohol motifs (C(OH)–C–C–N with tert-alkyl or cyclic N) is 1. The standard InChI is InChI=1S/C13H18ClNO3S/c1-9-6-7-15(8-11(9)16)19(17,18)12-5-3-4-10(2)13(12)14/h3-5,9,11,16H,6-8H2,1-2H3. The first-order valence-corrected chi connectivity index (χ1v) is 8.09. The first-order valence-electron chi connectivity index (χ1n) is 6.27. The lowest BCUT2D eigenvalue weighted by molar-refractivity contribution is 0.0605. The summed E-state index contributed by atoms with van der Waals surface area (Å²) in [5, 5.41) is 10.1. The van der Waals surface area contributed by atoms with Crippen molar-refractivity contribution in [2.75, 3.05) is 13.1 Å². The molecule has 1 heterocycles. The maximum atomic E-state index is 12.5. The van der Waals surface area contributed by atoms with Gasteiger partial charge in [-0.25, -0.2) is 8.42 Å². The highest BCUT2D eigenvalue weighted by Crippen LogP contribution is 2.30. The minimum Gasteiger partial charge on any atom is -0.391 e. The molecular formula is C13H18ClNO3S. The van der Waals surface area contributed by atoms with Gasteiger partial charge < -0.3 is 5.11 Å². The molecule has 0 aliphatic carbocycles. The lowest BCUT2D eigenvalue weighted by atomic mass is 9.98. The number of hydrogen-bond donors (Lipinski definition) is 1. The molecule has 1 saturated heterocycles. The Morgan fingerprint density at radius 3 is 2.74 bits per heavy atom. The summed E-state index contributed by atoms with van der Waals surface area (Å²) in [6, 6.07) is 4.96. The molecule has 1 N–H and O–H groups in total. The number of aliphatic hydroxyl groups is 1. The third kappa shape index (κ3) is 2.79. The number of halogens is 1. The third-order valence-electron chi connectivity index (χ3n) is 3.66. The van der Waals surface area contributed by atoms with Gasteiger partial charge >= 0.3 is 0 Å². The van der Waals surface area contributed by atoms with Crippen LogP contribution in [-0.2, 0) is 10.0 Å². The van der Waals surface area contributed by atoms with E-state index in [0.717, 1.165) is 5.56 Å². The molecule has 1 aliphatic rings. The van der Waals surface area contributed by atoms with E-state index in [1.165, 1.54) is 10.4 Å². The van der Waals surface area contributed by atoms with Crippen LogP contribution >= 0.6 is 11.6 Å². The van der Waals surface area contributed by atoms with Crippen molar-refractivity contribution >= 4 is 21.6 Å². The Hall–Kier alpha value is -0.620. The predicted octanol–water partition coefficient (Wildman–Crippen LogP) is 2.04.